The number of carbonyl (C=O) groups excluding carboxylic acids is 2. The smallest absolute Gasteiger partial charge is 0.268 e. The lowest BCUT2D eigenvalue weighted by atomic mass is 10.1. The van der Waals surface area contributed by atoms with Crippen molar-refractivity contribution < 1.29 is 9.59 Å². The number of hydrogen-bond acceptors (Lipinski definition) is 2. The second-order valence-corrected chi connectivity index (χ2v) is 5.53. The number of hydrazine groups is 1. The summed E-state index contributed by atoms with van der Waals surface area (Å²) in [6, 6.07) is 14.7. The van der Waals surface area contributed by atoms with Crippen LogP contribution in [0.2, 0.25) is 0 Å². The minimum Gasteiger partial charge on any atom is -0.268 e. The molecule has 0 saturated heterocycles. The van der Waals surface area contributed by atoms with Crippen LogP contribution in [-0.4, -0.2) is 11.8 Å². The maximum atomic E-state index is 11.9. The van der Waals surface area contributed by atoms with Crippen molar-refractivity contribution in [2.75, 3.05) is 0 Å². The Hall–Kier alpha value is -2.40. The summed E-state index contributed by atoms with van der Waals surface area (Å²) in [5.41, 5.74) is 7.20. The monoisotopic (exact) mass is 358 g/mol. The third kappa shape index (κ3) is 4.56. The van der Waals surface area contributed by atoms with Crippen molar-refractivity contribution in [3.05, 3.63) is 75.8 Å². The van der Waals surface area contributed by atoms with Gasteiger partial charge in [0.1, 0.15) is 0 Å². The van der Waals surface area contributed by atoms with Crippen LogP contribution in [0.15, 0.2) is 59.1 Å². The Bertz CT molecular complexity index is 726. The van der Waals surface area contributed by atoms with Crippen molar-refractivity contribution >= 4 is 33.8 Å². The average Bonchev–Trinajstić information content (AvgIpc) is 2.51. The molecule has 0 bridgehead atoms. The molecule has 2 rings (SSSR count). The first-order valence-corrected chi connectivity index (χ1v) is 7.45. The lowest BCUT2D eigenvalue weighted by molar-refractivity contribution is -0.117. The van der Waals surface area contributed by atoms with Crippen molar-refractivity contribution in [1.29, 1.82) is 0 Å². The summed E-state index contributed by atoms with van der Waals surface area (Å²) >= 11 is 3.28. The molecule has 0 spiro atoms. The molecule has 5 heteroatoms. The first-order valence-electron chi connectivity index (χ1n) is 6.66. The molecule has 0 radical (unpaired) electrons. The highest BCUT2D eigenvalue weighted by molar-refractivity contribution is 9.10. The standard InChI is InChI=1S/C17H15BrN2O2/c1-12-5-4-6-13(11-12)9-10-16(21)19-20-17(22)14-7-2-3-8-15(14)18/h2-11H,1H3,(H,19,21)(H,20,22)/b10-9+. The highest BCUT2D eigenvalue weighted by Gasteiger charge is 2.08. The molecule has 2 N–H and O–H groups in total. The van der Waals surface area contributed by atoms with E-state index in [0.29, 0.717) is 10.0 Å². The molecule has 0 unspecified atom stereocenters. The highest BCUT2D eigenvalue weighted by Crippen LogP contribution is 2.15. The van der Waals surface area contributed by atoms with Crippen LogP contribution in [-0.2, 0) is 4.79 Å². The van der Waals surface area contributed by atoms with Crippen LogP contribution in [0, 0.1) is 6.92 Å². The van der Waals surface area contributed by atoms with Gasteiger partial charge in [-0.05, 0) is 46.6 Å². The third-order valence-corrected chi connectivity index (χ3v) is 3.58. The molecule has 0 saturated carbocycles. The maximum Gasteiger partial charge on any atom is 0.270 e. The highest BCUT2D eigenvalue weighted by atomic mass is 79.9. The van der Waals surface area contributed by atoms with Gasteiger partial charge in [0.2, 0.25) is 0 Å². The summed E-state index contributed by atoms with van der Waals surface area (Å²) in [4.78, 5) is 23.6. The average molecular weight is 359 g/mol. The number of benzene rings is 2. The van der Waals surface area contributed by atoms with Crippen molar-refractivity contribution in [3.63, 3.8) is 0 Å². The minimum atomic E-state index is -0.401. The molecular formula is C17H15BrN2O2. The summed E-state index contributed by atoms with van der Waals surface area (Å²) in [7, 11) is 0. The van der Waals surface area contributed by atoms with Crippen molar-refractivity contribution in [2.24, 2.45) is 0 Å². The fourth-order valence-corrected chi connectivity index (χ4v) is 2.28. The van der Waals surface area contributed by atoms with Gasteiger partial charge in [-0.2, -0.15) is 0 Å². The van der Waals surface area contributed by atoms with Crippen LogP contribution in [0.4, 0.5) is 0 Å². The van der Waals surface area contributed by atoms with Gasteiger partial charge in [0, 0.05) is 10.5 Å². The Kier molecular flexibility index (Phi) is 5.49. The Morgan fingerprint density at radius 3 is 2.55 bits per heavy atom. The van der Waals surface area contributed by atoms with Gasteiger partial charge in [0.25, 0.3) is 11.8 Å². The molecule has 112 valence electrons. The van der Waals surface area contributed by atoms with Crippen LogP contribution in [0.1, 0.15) is 21.5 Å². The zero-order valence-electron chi connectivity index (χ0n) is 12.0. The lowest BCUT2D eigenvalue weighted by Gasteiger charge is -2.06. The van der Waals surface area contributed by atoms with E-state index in [-0.39, 0.29) is 5.91 Å². The molecule has 4 nitrogen and oxygen atoms in total. The number of hydrogen-bond donors (Lipinski definition) is 2. The fourth-order valence-electron chi connectivity index (χ4n) is 1.82. The molecular weight excluding hydrogens is 344 g/mol. The Labute approximate surface area is 137 Å². The molecule has 0 heterocycles. The number of rotatable bonds is 3. The van der Waals surface area contributed by atoms with Gasteiger partial charge >= 0.3 is 0 Å². The molecule has 0 aliphatic rings. The number of halogens is 1. The normalized spacial score (nSPS) is 10.5. The quantitative estimate of drug-likeness (QED) is 0.653. The van der Waals surface area contributed by atoms with E-state index in [0.717, 1.165) is 11.1 Å². The lowest BCUT2D eigenvalue weighted by Crippen LogP contribution is -2.40. The van der Waals surface area contributed by atoms with Crippen molar-refractivity contribution in [2.45, 2.75) is 6.92 Å². The minimum absolute atomic E-state index is 0.384. The van der Waals surface area contributed by atoms with E-state index >= 15 is 0 Å². The summed E-state index contributed by atoms with van der Waals surface area (Å²) in [5.74, 6) is -0.785. The summed E-state index contributed by atoms with van der Waals surface area (Å²) < 4.78 is 0.664. The van der Waals surface area contributed by atoms with E-state index in [2.05, 4.69) is 26.8 Å². The largest absolute Gasteiger partial charge is 0.270 e. The SMILES string of the molecule is Cc1cccc(/C=C/C(=O)NNC(=O)c2ccccc2Br)c1. The Morgan fingerprint density at radius 2 is 1.82 bits per heavy atom. The predicted octanol–water partition coefficient (Wildman–Crippen LogP) is 3.23. The summed E-state index contributed by atoms with van der Waals surface area (Å²) in [6.07, 6.45) is 3.06. The molecule has 22 heavy (non-hydrogen) atoms. The van der Waals surface area contributed by atoms with Crippen LogP contribution in [0.3, 0.4) is 0 Å². The molecule has 0 aliphatic heterocycles. The van der Waals surface area contributed by atoms with Crippen LogP contribution in [0.25, 0.3) is 6.08 Å². The first-order chi connectivity index (χ1) is 10.6. The molecule has 2 aromatic rings. The van der Waals surface area contributed by atoms with Crippen LogP contribution < -0.4 is 10.9 Å². The van der Waals surface area contributed by atoms with Gasteiger partial charge in [-0.25, -0.2) is 0 Å². The summed E-state index contributed by atoms with van der Waals surface area (Å²) in [5, 5.41) is 0. The fraction of sp³-hybridized carbons (Fsp3) is 0.0588. The van der Waals surface area contributed by atoms with Gasteiger partial charge < -0.3 is 0 Å². The first kappa shape index (κ1) is 16.0. The molecule has 2 aromatic carbocycles. The Balaban J connectivity index is 1.90. The molecule has 0 aliphatic carbocycles. The molecule has 0 aromatic heterocycles. The van der Waals surface area contributed by atoms with E-state index in [1.807, 2.05) is 37.3 Å². The zero-order valence-corrected chi connectivity index (χ0v) is 13.6. The third-order valence-electron chi connectivity index (χ3n) is 2.89. The van der Waals surface area contributed by atoms with E-state index < -0.39 is 5.91 Å². The maximum absolute atomic E-state index is 11.9. The second-order valence-electron chi connectivity index (χ2n) is 4.67. The number of carbonyl (C=O) groups is 2. The zero-order chi connectivity index (χ0) is 15.9. The van der Waals surface area contributed by atoms with Crippen molar-refractivity contribution in [3.8, 4) is 0 Å². The van der Waals surface area contributed by atoms with Crippen molar-refractivity contribution in [1.82, 2.24) is 10.9 Å². The van der Waals surface area contributed by atoms with Gasteiger partial charge in [0.05, 0.1) is 5.56 Å². The van der Waals surface area contributed by atoms with Gasteiger partial charge in [-0.15, -0.1) is 0 Å². The number of aryl methyl sites for hydroxylation is 1. The summed E-state index contributed by atoms with van der Waals surface area (Å²) in [6.45, 7) is 1.98. The van der Waals surface area contributed by atoms with E-state index in [1.165, 1.54) is 6.08 Å². The van der Waals surface area contributed by atoms with Crippen LogP contribution >= 0.6 is 15.9 Å². The van der Waals surface area contributed by atoms with E-state index in [9.17, 15) is 9.59 Å². The molecule has 2 amide bonds. The Morgan fingerprint density at radius 1 is 1.05 bits per heavy atom. The number of amides is 2. The van der Waals surface area contributed by atoms with Crippen LogP contribution in [0.5, 0.6) is 0 Å². The van der Waals surface area contributed by atoms with E-state index in [4.69, 9.17) is 0 Å². The molecule has 0 atom stereocenters. The van der Waals surface area contributed by atoms with Gasteiger partial charge in [0.15, 0.2) is 0 Å². The molecule has 0 fully saturated rings. The van der Waals surface area contributed by atoms with Gasteiger partial charge in [-0.3, -0.25) is 20.4 Å². The predicted molar refractivity (Wildman–Crippen MR) is 90.0 cm³/mol. The van der Waals surface area contributed by atoms with Gasteiger partial charge in [-0.1, -0.05) is 42.0 Å². The van der Waals surface area contributed by atoms with E-state index in [1.54, 1.807) is 24.3 Å². The number of nitrogens with one attached hydrogen (secondary N) is 2. The second kappa shape index (κ2) is 7.56. The topological polar surface area (TPSA) is 58.2 Å².